The largest absolute Gasteiger partial charge is 0.537 e. The highest BCUT2D eigenvalue weighted by molar-refractivity contribution is 5.85. The van der Waals surface area contributed by atoms with E-state index in [4.69, 9.17) is 0 Å². The normalized spacial score (nSPS) is 4.64. The summed E-state index contributed by atoms with van der Waals surface area (Å²) >= 11 is 0. The Bertz CT molecular complexity index is 512. The Hall–Kier alpha value is -2.73. The van der Waals surface area contributed by atoms with E-state index in [9.17, 15) is 9.90 Å². The van der Waals surface area contributed by atoms with Crippen molar-refractivity contribution in [3.8, 4) is 59.2 Å². The van der Waals surface area contributed by atoms with Gasteiger partial charge in [0.05, 0.1) is 0 Å². The lowest BCUT2D eigenvalue weighted by atomic mass is 10.5. The lowest BCUT2D eigenvalue weighted by molar-refractivity contribution is -0.295. The number of hydrogen-bond acceptors (Lipinski definition) is 2. The Morgan fingerprint density at radius 3 is 1.71 bits per heavy atom. The summed E-state index contributed by atoms with van der Waals surface area (Å²) in [6.45, 7) is 1.66. The van der Waals surface area contributed by atoms with Crippen molar-refractivity contribution < 1.29 is 9.90 Å². The van der Waals surface area contributed by atoms with Gasteiger partial charge >= 0.3 is 0 Å². The van der Waals surface area contributed by atoms with Crippen molar-refractivity contribution in [1.82, 2.24) is 0 Å². The smallest absolute Gasteiger partial charge is 0.117 e. The molecule has 0 aromatic rings. The van der Waals surface area contributed by atoms with E-state index in [1.54, 1.807) is 12.8 Å². The van der Waals surface area contributed by atoms with E-state index >= 15 is 0 Å². The molecule has 0 fully saturated rings. The first-order valence-electron chi connectivity index (χ1n) is 3.41. The molecule has 0 atom stereocenters. The maximum atomic E-state index is 9.78. The van der Waals surface area contributed by atoms with Crippen LogP contribution in [-0.4, -0.2) is 5.97 Å². The quantitative estimate of drug-likeness (QED) is 0.437. The third-order valence-electron chi connectivity index (χ3n) is 0.727. The monoisotopic (exact) mass is 179 g/mol. The molecule has 0 amide bonds. The van der Waals surface area contributed by atoms with Gasteiger partial charge in [0, 0.05) is 0 Å². The molecule has 0 N–H and O–H groups in total. The van der Waals surface area contributed by atoms with Crippen molar-refractivity contribution >= 4 is 5.97 Å². The summed E-state index contributed by atoms with van der Waals surface area (Å²) in [4.78, 5) is 9.78. The van der Waals surface area contributed by atoms with Crippen molar-refractivity contribution in [1.29, 1.82) is 0 Å². The van der Waals surface area contributed by atoms with Crippen LogP contribution in [0.3, 0.4) is 0 Å². The van der Waals surface area contributed by atoms with E-state index in [0.29, 0.717) is 0 Å². The number of aliphatic carboxylic acids is 1. The van der Waals surface area contributed by atoms with Gasteiger partial charge in [-0.3, -0.25) is 0 Å². The van der Waals surface area contributed by atoms with Crippen LogP contribution in [0.15, 0.2) is 0 Å². The van der Waals surface area contributed by atoms with E-state index in [-0.39, 0.29) is 0 Å². The molecule has 0 spiro atoms. The SMILES string of the molecule is CC#CC#CC#CC#CC#CC(=O)[O-]. The zero-order chi connectivity index (χ0) is 10.6. The third kappa shape index (κ3) is 9.27. The zero-order valence-electron chi connectivity index (χ0n) is 7.32. The summed E-state index contributed by atoms with van der Waals surface area (Å²) in [6.07, 6.45) is 0. The highest BCUT2D eigenvalue weighted by Gasteiger charge is 1.63. The van der Waals surface area contributed by atoms with Crippen molar-refractivity contribution in [2.24, 2.45) is 0 Å². The lowest BCUT2D eigenvalue weighted by Crippen LogP contribution is -2.19. The standard InChI is InChI=1S/C12H4O2/c1-2-3-4-5-6-7-8-9-10-11-12(13)14/h1H3,(H,13,14)/p-1. The number of carbonyl (C=O) groups excluding carboxylic acids is 1. The summed E-state index contributed by atoms with van der Waals surface area (Å²) in [5.41, 5.74) is 0. The fourth-order valence-electron chi connectivity index (χ4n) is 0.332. The fourth-order valence-corrected chi connectivity index (χ4v) is 0.332. The molecular formula is C12H3O2-. The van der Waals surface area contributed by atoms with Gasteiger partial charge in [-0.25, -0.2) is 0 Å². The molecule has 0 aliphatic rings. The van der Waals surface area contributed by atoms with Gasteiger partial charge in [0.25, 0.3) is 0 Å². The van der Waals surface area contributed by atoms with E-state index in [1.807, 2.05) is 5.92 Å². The highest BCUT2D eigenvalue weighted by atomic mass is 16.4. The van der Waals surface area contributed by atoms with E-state index < -0.39 is 5.97 Å². The zero-order valence-corrected chi connectivity index (χ0v) is 7.32. The van der Waals surface area contributed by atoms with Gasteiger partial charge in [-0.1, -0.05) is 5.92 Å². The molecule has 0 aliphatic carbocycles. The molecule has 14 heavy (non-hydrogen) atoms. The first-order valence-corrected chi connectivity index (χ1v) is 3.41. The van der Waals surface area contributed by atoms with Gasteiger partial charge in [-0.15, -0.1) is 0 Å². The Morgan fingerprint density at radius 2 is 1.29 bits per heavy atom. The molecule has 0 aromatic carbocycles. The van der Waals surface area contributed by atoms with Crippen LogP contribution in [0, 0.1) is 59.2 Å². The molecule has 0 bridgehead atoms. The Balaban J connectivity index is 4.19. The van der Waals surface area contributed by atoms with Crippen LogP contribution in [0.4, 0.5) is 0 Å². The lowest BCUT2D eigenvalue weighted by Gasteiger charge is -1.78. The van der Waals surface area contributed by atoms with Gasteiger partial charge in [-0.2, -0.15) is 0 Å². The van der Waals surface area contributed by atoms with Crippen LogP contribution in [0.1, 0.15) is 6.92 Å². The molecule has 0 radical (unpaired) electrons. The van der Waals surface area contributed by atoms with Gasteiger partial charge in [0.15, 0.2) is 0 Å². The molecule has 0 unspecified atom stereocenters. The van der Waals surface area contributed by atoms with Crippen LogP contribution >= 0.6 is 0 Å². The van der Waals surface area contributed by atoms with Crippen LogP contribution in [0.5, 0.6) is 0 Å². The Morgan fingerprint density at radius 1 is 0.857 bits per heavy atom. The minimum Gasteiger partial charge on any atom is -0.537 e. The van der Waals surface area contributed by atoms with Crippen molar-refractivity contribution in [3.05, 3.63) is 0 Å². The van der Waals surface area contributed by atoms with E-state index in [1.165, 1.54) is 0 Å². The predicted molar refractivity (Wildman–Crippen MR) is 49.6 cm³/mol. The average molecular weight is 179 g/mol. The molecule has 0 saturated carbocycles. The second-order valence-corrected chi connectivity index (χ2v) is 1.66. The van der Waals surface area contributed by atoms with Crippen LogP contribution in [0.2, 0.25) is 0 Å². The number of hydrogen-bond donors (Lipinski definition) is 0. The van der Waals surface area contributed by atoms with Gasteiger partial charge in [0.1, 0.15) is 5.97 Å². The predicted octanol–water partition coefficient (Wildman–Crippen LogP) is -1.23. The molecule has 64 valence electrons. The molecular weight excluding hydrogens is 176 g/mol. The minimum atomic E-state index is -1.47. The molecule has 0 saturated heterocycles. The number of carboxylic acids is 1. The molecule has 2 nitrogen and oxygen atoms in total. The van der Waals surface area contributed by atoms with E-state index in [0.717, 1.165) is 0 Å². The van der Waals surface area contributed by atoms with Gasteiger partial charge in [0.2, 0.25) is 0 Å². The van der Waals surface area contributed by atoms with Gasteiger partial charge in [-0.05, 0) is 60.2 Å². The Kier molecular flexibility index (Phi) is 6.74. The number of carboxylic acid groups (broad SMARTS) is 1. The van der Waals surface area contributed by atoms with Crippen LogP contribution < -0.4 is 5.11 Å². The number of carbonyl (C=O) groups is 1. The van der Waals surface area contributed by atoms with Crippen molar-refractivity contribution in [2.45, 2.75) is 6.92 Å². The molecule has 0 aromatic heterocycles. The summed E-state index contributed by atoms with van der Waals surface area (Å²) < 4.78 is 0. The average Bonchev–Trinajstić information content (AvgIpc) is 2.15. The van der Waals surface area contributed by atoms with Crippen LogP contribution in [0.25, 0.3) is 0 Å². The third-order valence-corrected chi connectivity index (χ3v) is 0.727. The summed E-state index contributed by atoms with van der Waals surface area (Å²) in [5.74, 6) is 21.4. The van der Waals surface area contributed by atoms with Crippen molar-refractivity contribution in [2.75, 3.05) is 0 Å². The van der Waals surface area contributed by atoms with Crippen molar-refractivity contribution in [3.63, 3.8) is 0 Å². The second kappa shape index (κ2) is 8.37. The fraction of sp³-hybridized carbons (Fsp3) is 0.0833. The Labute approximate surface area is 82.7 Å². The first-order chi connectivity index (χ1) is 6.77. The number of rotatable bonds is 0. The second-order valence-electron chi connectivity index (χ2n) is 1.66. The maximum Gasteiger partial charge on any atom is 0.117 e. The summed E-state index contributed by atoms with van der Waals surface area (Å²) in [7, 11) is 0. The molecule has 0 aliphatic heterocycles. The first kappa shape index (κ1) is 11.3. The maximum absolute atomic E-state index is 9.78. The topological polar surface area (TPSA) is 40.1 Å². The van der Waals surface area contributed by atoms with Gasteiger partial charge < -0.3 is 9.90 Å². The molecule has 0 rings (SSSR count). The minimum absolute atomic E-state index is 1.47. The summed E-state index contributed by atoms with van der Waals surface area (Å²) in [6, 6.07) is 0. The summed E-state index contributed by atoms with van der Waals surface area (Å²) in [5, 5.41) is 9.78. The van der Waals surface area contributed by atoms with Crippen LogP contribution in [-0.2, 0) is 4.79 Å². The molecule has 2 heteroatoms. The molecule has 0 heterocycles. The van der Waals surface area contributed by atoms with E-state index in [2.05, 4.69) is 47.4 Å². The highest BCUT2D eigenvalue weighted by Crippen LogP contribution is 1.56.